The fourth-order valence-electron chi connectivity index (χ4n) is 1.90. The molecule has 0 radical (unpaired) electrons. The van der Waals surface area contributed by atoms with Crippen LogP contribution in [0.25, 0.3) is 0 Å². The van der Waals surface area contributed by atoms with Crippen molar-refractivity contribution in [3.8, 4) is 0 Å². The van der Waals surface area contributed by atoms with Gasteiger partial charge in [-0.1, -0.05) is 31.5 Å². The van der Waals surface area contributed by atoms with Gasteiger partial charge in [0.2, 0.25) is 0 Å². The minimum Gasteiger partial charge on any atom is -0.366 e. The lowest BCUT2D eigenvalue weighted by Gasteiger charge is -2.24. The van der Waals surface area contributed by atoms with Crippen molar-refractivity contribution in [1.29, 1.82) is 0 Å². The highest BCUT2D eigenvalue weighted by Crippen LogP contribution is 2.26. The second-order valence-corrected chi connectivity index (χ2v) is 6.16. The van der Waals surface area contributed by atoms with Crippen LogP contribution in [0.3, 0.4) is 0 Å². The molecule has 1 aromatic carbocycles. The summed E-state index contributed by atoms with van der Waals surface area (Å²) in [7, 11) is 0. The fourth-order valence-corrected chi connectivity index (χ4v) is 3.39. The lowest BCUT2D eigenvalue weighted by molar-refractivity contribution is 0.719. The fraction of sp³-hybridized carbons (Fsp3) is 0.333. The summed E-state index contributed by atoms with van der Waals surface area (Å²) in [6.07, 6.45) is 2.47. The van der Waals surface area contributed by atoms with E-state index in [1.807, 2.05) is 11.3 Å². The first-order valence-electron chi connectivity index (χ1n) is 6.33. The Morgan fingerprint density at radius 1 is 1.17 bits per heavy atom. The highest BCUT2D eigenvalue weighted by molar-refractivity contribution is 9.10. The van der Waals surface area contributed by atoms with E-state index in [4.69, 9.17) is 0 Å². The van der Waals surface area contributed by atoms with E-state index in [1.165, 1.54) is 27.9 Å². The molecule has 0 N–H and O–H groups in total. The molecule has 0 fully saturated rings. The van der Waals surface area contributed by atoms with Crippen molar-refractivity contribution in [3.05, 3.63) is 51.1 Å². The summed E-state index contributed by atoms with van der Waals surface area (Å²) in [5.74, 6) is 0. The zero-order valence-electron chi connectivity index (χ0n) is 10.6. The number of para-hydroxylation sites is 1. The Balaban J connectivity index is 2.13. The third-order valence-corrected chi connectivity index (χ3v) is 4.84. The average Bonchev–Trinajstić information content (AvgIpc) is 2.81. The van der Waals surface area contributed by atoms with E-state index in [2.05, 4.69) is 69.5 Å². The van der Waals surface area contributed by atoms with E-state index in [0.717, 1.165) is 13.1 Å². The standard InChI is InChI=1S/C15H18BrNS/c1-2-3-10-17(13-7-5-4-6-8-13)12-15-14(16)9-11-18-15/h4-9,11H,2-3,10,12H2,1H3. The first kappa shape index (κ1) is 13.6. The number of rotatable bonds is 6. The molecule has 2 aromatic rings. The van der Waals surface area contributed by atoms with Gasteiger partial charge in [-0.3, -0.25) is 0 Å². The van der Waals surface area contributed by atoms with Gasteiger partial charge in [0.05, 0.1) is 6.54 Å². The molecule has 18 heavy (non-hydrogen) atoms. The van der Waals surface area contributed by atoms with Crippen molar-refractivity contribution >= 4 is 33.0 Å². The van der Waals surface area contributed by atoms with Gasteiger partial charge >= 0.3 is 0 Å². The van der Waals surface area contributed by atoms with Crippen LogP contribution in [-0.4, -0.2) is 6.54 Å². The summed E-state index contributed by atoms with van der Waals surface area (Å²) < 4.78 is 1.23. The Morgan fingerprint density at radius 2 is 1.94 bits per heavy atom. The number of unbranched alkanes of at least 4 members (excludes halogenated alkanes) is 1. The van der Waals surface area contributed by atoms with Gasteiger partial charge in [-0.05, 0) is 45.9 Å². The summed E-state index contributed by atoms with van der Waals surface area (Å²) in [6.45, 7) is 4.34. The van der Waals surface area contributed by atoms with E-state index in [0.29, 0.717) is 0 Å². The Kier molecular flexibility index (Phi) is 5.26. The van der Waals surface area contributed by atoms with Crippen LogP contribution < -0.4 is 4.90 Å². The van der Waals surface area contributed by atoms with Crippen LogP contribution >= 0.6 is 27.3 Å². The van der Waals surface area contributed by atoms with Crippen LogP contribution in [0.2, 0.25) is 0 Å². The minimum absolute atomic E-state index is 0.988. The van der Waals surface area contributed by atoms with Crippen LogP contribution in [0.4, 0.5) is 5.69 Å². The summed E-state index contributed by atoms with van der Waals surface area (Å²) in [5.41, 5.74) is 1.31. The average molecular weight is 324 g/mol. The van der Waals surface area contributed by atoms with E-state index in [-0.39, 0.29) is 0 Å². The van der Waals surface area contributed by atoms with Crippen LogP contribution in [0.5, 0.6) is 0 Å². The molecule has 3 heteroatoms. The van der Waals surface area contributed by atoms with Gasteiger partial charge in [0.15, 0.2) is 0 Å². The van der Waals surface area contributed by atoms with E-state index in [1.54, 1.807) is 0 Å². The number of hydrogen-bond donors (Lipinski definition) is 0. The Morgan fingerprint density at radius 3 is 2.56 bits per heavy atom. The molecule has 0 aliphatic carbocycles. The van der Waals surface area contributed by atoms with Gasteiger partial charge < -0.3 is 4.90 Å². The molecular weight excluding hydrogens is 306 g/mol. The molecule has 1 nitrogen and oxygen atoms in total. The lowest BCUT2D eigenvalue weighted by atomic mass is 10.2. The van der Waals surface area contributed by atoms with Crippen molar-refractivity contribution in [1.82, 2.24) is 0 Å². The van der Waals surface area contributed by atoms with Gasteiger partial charge in [0.25, 0.3) is 0 Å². The van der Waals surface area contributed by atoms with Crippen molar-refractivity contribution in [2.24, 2.45) is 0 Å². The van der Waals surface area contributed by atoms with E-state index < -0.39 is 0 Å². The highest BCUT2D eigenvalue weighted by Gasteiger charge is 2.09. The smallest absolute Gasteiger partial charge is 0.0534 e. The SMILES string of the molecule is CCCCN(Cc1sccc1Br)c1ccccc1. The number of halogens is 1. The predicted molar refractivity (Wildman–Crippen MR) is 84.4 cm³/mol. The molecule has 0 amide bonds. The largest absolute Gasteiger partial charge is 0.366 e. The first-order valence-corrected chi connectivity index (χ1v) is 8.00. The van der Waals surface area contributed by atoms with Gasteiger partial charge in [-0.15, -0.1) is 11.3 Å². The Bertz CT molecular complexity index is 466. The van der Waals surface area contributed by atoms with Crippen molar-refractivity contribution in [2.45, 2.75) is 26.3 Å². The van der Waals surface area contributed by atoms with Gasteiger partial charge in [-0.2, -0.15) is 0 Å². The number of anilines is 1. The summed E-state index contributed by atoms with van der Waals surface area (Å²) in [6, 6.07) is 12.8. The topological polar surface area (TPSA) is 3.24 Å². The van der Waals surface area contributed by atoms with Gasteiger partial charge in [-0.25, -0.2) is 0 Å². The molecule has 1 heterocycles. The van der Waals surface area contributed by atoms with E-state index in [9.17, 15) is 0 Å². The molecule has 96 valence electrons. The van der Waals surface area contributed by atoms with E-state index >= 15 is 0 Å². The monoisotopic (exact) mass is 323 g/mol. The molecule has 0 saturated carbocycles. The van der Waals surface area contributed by atoms with Crippen molar-refractivity contribution in [2.75, 3.05) is 11.4 Å². The van der Waals surface area contributed by atoms with Gasteiger partial charge in [0.1, 0.15) is 0 Å². The molecule has 0 aliphatic heterocycles. The Hall–Kier alpha value is -0.800. The molecule has 0 unspecified atom stereocenters. The first-order chi connectivity index (χ1) is 8.81. The number of benzene rings is 1. The predicted octanol–water partition coefficient (Wildman–Crippen LogP) is 5.32. The third kappa shape index (κ3) is 3.59. The maximum Gasteiger partial charge on any atom is 0.0534 e. The third-order valence-electron chi connectivity index (χ3n) is 2.93. The van der Waals surface area contributed by atoms with Crippen LogP contribution in [-0.2, 0) is 6.54 Å². The summed E-state index contributed by atoms with van der Waals surface area (Å²) >= 11 is 5.44. The van der Waals surface area contributed by atoms with Crippen LogP contribution in [0.15, 0.2) is 46.3 Å². The van der Waals surface area contributed by atoms with Crippen LogP contribution in [0.1, 0.15) is 24.6 Å². The number of hydrogen-bond acceptors (Lipinski definition) is 2. The molecule has 2 rings (SSSR count). The quantitative estimate of drug-likeness (QED) is 0.695. The Labute approximate surface area is 122 Å². The molecule has 0 spiro atoms. The maximum atomic E-state index is 3.62. The zero-order valence-corrected chi connectivity index (χ0v) is 13.0. The second kappa shape index (κ2) is 6.95. The minimum atomic E-state index is 0.988. The number of nitrogens with zero attached hydrogens (tertiary/aromatic N) is 1. The highest BCUT2D eigenvalue weighted by atomic mass is 79.9. The van der Waals surface area contributed by atoms with Crippen LogP contribution in [0, 0.1) is 0 Å². The normalized spacial score (nSPS) is 10.6. The second-order valence-electron chi connectivity index (χ2n) is 4.30. The molecule has 0 atom stereocenters. The van der Waals surface area contributed by atoms with Gasteiger partial charge in [0, 0.05) is 21.6 Å². The maximum absolute atomic E-state index is 3.62. The molecule has 0 aliphatic rings. The summed E-state index contributed by atoms with van der Waals surface area (Å²) in [4.78, 5) is 3.86. The molecular formula is C15H18BrNS. The molecule has 0 bridgehead atoms. The summed E-state index contributed by atoms with van der Waals surface area (Å²) in [5, 5.41) is 2.14. The van der Waals surface area contributed by atoms with Crippen molar-refractivity contribution < 1.29 is 0 Å². The zero-order chi connectivity index (χ0) is 12.8. The number of thiophene rings is 1. The van der Waals surface area contributed by atoms with Crippen molar-refractivity contribution in [3.63, 3.8) is 0 Å². The lowest BCUT2D eigenvalue weighted by Crippen LogP contribution is -2.23. The molecule has 0 saturated heterocycles. The molecule has 1 aromatic heterocycles.